The Hall–Kier alpha value is -1.21. The van der Waals surface area contributed by atoms with Crippen LogP contribution >= 0.6 is 0 Å². The van der Waals surface area contributed by atoms with Gasteiger partial charge in [-0.2, -0.15) is 0 Å². The van der Waals surface area contributed by atoms with Crippen molar-refractivity contribution in [3.8, 4) is 0 Å². The molecule has 0 amide bonds. The summed E-state index contributed by atoms with van der Waals surface area (Å²) in [6.07, 6.45) is 3.08. The van der Waals surface area contributed by atoms with E-state index in [4.69, 9.17) is 0 Å². The lowest BCUT2D eigenvalue weighted by molar-refractivity contribution is 0.0941. The molecular weight excluding hydrogens is 312 g/mol. The van der Waals surface area contributed by atoms with E-state index < -0.39 is 16.1 Å². The third-order valence-corrected chi connectivity index (χ3v) is 5.38. The van der Waals surface area contributed by atoms with Gasteiger partial charge in [0.05, 0.1) is 6.10 Å². The van der Waals surface area contributed by atoms with Gasteiger partial charge in [-0.1, -0.05) is 30.3 Å². The highest BCUT2D eigenvalue weighted by Gasteiger charge is 2.28. The van der Waals surface area contributed by atoms with Crippen molar-refractivity contribution >= 4 is 16.1 Å². The Kier molecular flexibility index (Phi) is 6.35. The number of nitrogens with one attached hydrogen (secondary N) is 1. The molecule has 0 saturated carbocycles. The zero-order valence-corrected chi connectivity index (χ0v) is 14.5. The van der Waals surface area contributed by atoms with Gasteiger partial charge in [0.1, 0.15) is 0 Å². The van der Waals surface area contributed by atoms with Crippen LogP contribution < -0.4 is 4.72 Å². The number of hydrogen-bond acceptors (Lipinski definition) is 4. The minimum atomic E-state index is -3.54. The molecule has 23 heavy (non-hydrogen) atoms. The van der Waals surface area contributed by atoms with Crippen LogP contribution in [0, 0.1) is 0 Å². The van der Waals surface area contributed by atoms with E-state index in [2.05, 4.69) is 23.5 Å². The maximum atomic E-state index is 12.0. The number of likely N-dealkylation sites (tertiary alicyclic amines) is 1. The fraction of sp³-hybridized carbons (Fsp3) is 0.529. The number of β-amino-alcohol motifs (C(OH)–C–C–N with tert-alkyl or cyclic N) is 1. The maximum absolute atomic E-state index is 12.0. The van der Waals surface area contributed by atoms with Crippen molar-refractivity contribution in [3.05, 3.63) is 41.3 Å². The van der Waals surface area contributed by atoms with E-state index in [0.717, 1.165) is 23.8 Å². The van der Waals surface area contributed by atoms with E-state index >= 15 is 0 Å². The van der Waals surface area contributed by atoms with Crippen molar-refractivity contribution in [2.45, 2.75) is 44.9 Å². The first-order chi connectivity index (χ1) is 10.9. The first kappa shape index (κ1) is 18.1. The number of aliphatic hydroxyl groups excluding tert-OH is 1. The largest absolute Gasteiger partial charge is 0.390 e. The summed E-state index contributed by atoms with van der Waals surface area (Å²) in [5.41, 5.74) is 0.818. The first-order valence-electron chi connectivity index (χ1n) is 8.04. The topological polar surface area (TPSA) is 69.6 Å². The predicted molar refractivity (Wildman–Crippen MR) is 93.3 cm³/mol. The number of benzene rings is 1. The Morgan fingerprint density at radius 1 is 1.26 bits per heavy atom. The zero-order valence-electron chi connectivity index (χ0n) is 13.7. The van der Waals surface area contributed by atoms with Crippen LogP contribution in [0.4, 0.5) is 0 Å². The molecule has 1 aliphatic heterocycles. The molecule has 0 radical (unpaired) electrons. The number of aliphatic hydroxyl groups is 1. The molecule has 1 heterocycles. The molecule has 2 rings (SSSR count). The highest BCUT2D eigenvalue weighted by atomic mass is 32.2. The predicted octanol–water partition coefficient (Wildman–Crippen LogP) is 1.81. The highest BCUT2D eigenvalue weighted by molar-refractivity contribution is 7.92. The Morgan fingerprint density at radius 2 is 1.87 bits per heavy atom. The maximum Gasteiger partial charge on any atom is 0.233 e. The second-order valence-electron chi connectivity index (χ2n) is 6.23. The van der Waals surface area contributed by atoms with Crippen LogP contribution in [0.5, 0.6) is 0 Å². The summed E-state index contributed by atoms with van der Waals surface area (Å²) in [6.45, 7) is 4.80. The Bertz CT molecular complexity index is 606. The monoisotopic (exact) mass is 338 g/mol. The van der Waals surface area contributed by atoms with Gasteiger partial charge in [0.25, 0.3) is 0 Å². The molecule has 0 bridgehead atoms. The molecule has 0 aliphatic carbocycles. The van der Waals surface area contributed by atoms with Crippen LogP contribution in [0.3, 0.4) is 0 Å². The lowest BCUT2D eigenvalue weighted by Crippen LogP contribution is -2.43. The summed E-state index contributed by atoms with van der Waals surface area (Å²) >= 11 is 0. The summed E-state index contributed by atoms with van der Waals surface area (Å²) in [4.78, 5) is 2.23. The quantitative estimate of drug-likeness (QED) is 0.795. The lowest BCUT2D eigenvalue weighted by Gasteiger charge is -2.28. The second-order valence-corrected chi connectivity index (χ2v) is 7.88. The molecule has 2 unspecified atom stereocenters. The molecule has 1 saturated heterocycles. The summed E-state index contributed by atoms with van der Waals surface area (Å²) < 4.78 is 26.3. The lowest BCUT2D eigenvalue weighted by atomic mass is 10.2. The summed E-state index contributed by atoms with van der Waals surface area (Å²) in [5.74, 6) is 0. The summed E-state index contributed by atoms with van der Waals surface area (Å²) in [7, 11) is -3.54. The van der Waals surface area contributed by atoms with Crippen LogP contribution in [-0.4, -0.2) is 49.7 Å². The van der Waals surface area contributed by atoms with E-state index in [1.54, 1.807) is 6.08 Å². The minimum Gasteiger partial charge on any atom is -0.390 e. The standard InChI is InChI=1S/C17H26N2O3S/c1-14-8-9-15(2)19(14)13-17(20)12-18-23(21,22)11-10-16-6-4-3-5-7-16/h3-7,10-11,14-15,17-18,20H,8-9,12-13H2,1-2H3/b11-10+/t14?,15?,17-/m0/s1. The fourth-order valence-electron chi connectivity index (χ4n) is 2.91. The van der Waals surface area contributed by atoms with Gasteiger partial charge < -0.3 is 5.11 Å². The summed E-state index contributed by atoms with van der Waals surface area (Å²) in [5, 5.41) is 11.2. The van der Waals surface area contributed by atoms with Gasteiger partial charge in [0, 0.05) is 30.6 Å². The van der Waals surface area contributed by atoms with Crippen molar-refractivity contribution in [1.82, 2.24) is 9.62 Å². The molecule has 1 aromatic rings. The molecule has 0 aromatic heterocycles. The molecule has 1 aliphatic rings. The van der Waals surface area contributed by atoms with Crippen LogP contribution in [0.25, 0.3) is 6.08 Å². The molecule has 5 nitrogen and oxygen atoms in total. The smallest absolute Gasteiger partial charge is 0.233 e. The average Bonchev–Trinajstić information content (AvgIpc) is 2.84. The number of rotatable bonds is 7. The number of hydrogen-bond donors (Lipinski definition) is 2. The molecule has 1 fully saturated rings. The van der Waals surface area contributed by atoms with Gasteiger partial charge in [-0.3, -0.25) is 4.90 Å². The van der Waals surface area contributed by atoms with Gasteiger partial charge in [-0.15, -0.1) is 0 Å². The van der Waals surface area contributed by atoms with E-state index in [1.165, 1.54) is 0 Å². The molecule has 3 atom stereocenters. The second kappa shape index (κ2) is 8.06. The van der Waals surface area contributed by atoms with Crippen molar-refractivity contribution in [2.75, 3.05) is 13.1 Å². The van der Waals surface area contributed by atoms with Crippen molar-refractivity contribution in [1.29, 1.82) is 0 Å². The van der Waals surface area contributed by atoms with Crippen LogP contribution in [0.2, 0.25) is 0 Å². The number of nitrogens with zero attached hydrogens (tertiary/aromatic N) is 1. The van der Waals surface area contributed by atoms with Gasteiger partial charge in [0.15, 0.2) is 0 Å². The third kappa shape index (κ3) is 5.73. The van der Waals surface area contributed by atoms with Gasteiger partial charge in [-0.25, -0.2) is 13.1 Å². The van der Waals surface area contributed by atoms with E-state index in [9.17, 15) is 13.5 Å². The Morgan fingerprint density at radius 3 is 2.48 bits per heavy atom. The molecule has 0 spiro atoms. The minimum absolute atomic E-state index is 0.0252. The molecule has 128 valence electrons. The van der Waals surface area contributed by atoms with Crippen molar-refractivity contribution in [2.24, 2.45) is 0 Å². The highest BCUT2D eigenvalue weighted by Crippen LogP contribution is 2.23. The fourth-order valence-corrected chi connectivity index (χ4v) is 3.77. The van der Waals surface area contributed by atoms with E-state index in [1.807, 2.05) is 30.3 Å². The summed E-state index contributed by atoms with van der Waals surface area (Å²) in [6, 6.07) is 10.1. The third-order valence-electron chi connectivity index (χ3n) is 4.32. The molecular formula is C17H26N2O3S. The van der Waals surface area contributed by atoms with Crippen molar-refractivity contribution in [3.63, 3.8) is 0 Å². The van der Waals surface area contributed by atoms with Crippen LogP contribution in [-0.2, 0) is 10.0 Å². The van der Waals surface area contributed by atoms with Crippen LogP contribution in [0.15, 0.2) is 35.7 Å². The Labute approximate surface area is 139 Å². The van der Waals surface area contributed by atoms with Crippen LogP contribution in [0.1, 0.15) is 32.3 Å². The molecule has 2 N–H and O–H groups in total. The normalized spacial score (nSPS) is 24.3. The van der Waals surface area contributed by atoms with Crippen molar-refractivity contribution < 1.29 is 13.5 Å². The molecule has 1 aromatic carbocycles. The van der Waals surface area contributed by atoms with Gasteiger partial charge in [0.2, 0.25) is 10.0 Å². The molecule has 6 heteroatoms. The zero-order chi connectivity index (χ0) is 16.9. The van der Waals surface area contributed by atoms with Gasteiger partial charge in [-0.05, 0) is 38.3 Å². The van der Waals surface area contributed by atoms with Gasteiger partial charge >= 0.3 is 0 Å². The Balaban J connectivity index is 1.83. The first-order valence-corrected chi connectivity index (χ1v) is 9.58. The average molecular weight is 338 g/mol. The number of sulfonamides is 1. The SMILES string of the molecule is CC1CCC(C)N1C[C@@H](O)CNS(=O)(=O)/C=C/c1ccccc1. The van der Waals surface area contributed by atoms with E-state index in [-0.39, 0.29) is 6.54 Å². The van der Waals surface area contributed by atoms with E-state index in [0.29, 0.717) is 18.6 Å².